The van der Waals surface area contributed by atoms with Crippen molar-refractivity contribution in [2.24, 2.45) is 0 Å². The lowest BCUT2D eigenvalue weighted by molar-refractivity contribution is -0.116. The van der Waals surface area contributed by atoms with Crippen molar-refractivity contribution >= 4 is 279 Å². The van der Waals surface area contributed by atoms with Crippen LogP contribution in [0.15, 0.2) is 203 Å². The second-order valence-electron chi connectivity index (χ2n) is 35.5. The molecule has 0 radical (unpaired) electrons. The number of Topliss-reactive ketones (excluding diaryl/α,β-unsaturated/α-hetero) is 4. The van der Waals surface area contributed by atoms with E-state index in [1.807, 2.05) is 174 Å². The molecule has 0 aliphatic carbocycles. The topological polar surface area (TPSA) is 358 Å². The fraction of sp³-hybridized carbons (Fsp3) is 0.185. The zero-order chi connectivity index (χ0) is 104. The monoisotopic (exact) mass is 2190 g/mol. The van der Waals surface area contributed by atoms with Crippen LogP contribution in [0.5, 0.6) is 0 Å². The van der Waals surface area contributed by atoms with Gasteiger partial charge in [-0.2, -0.15) is 8.75 Å². The molecule has 6 aromatic carbocycles. The predicted molar refractivity (Wildman–Crippen MR) is 600 cm³/mol. The first kappa shape index (κ1) is 102. The van der Waals surface area contributed by atoms with Crippen LogP contribution in [-0.2, 0) is 77.6 Å². The molecule has 744 valence electrons. The quantitative estimate of drug-likeness (QED) is 0.0225. The van der Waals surface area contributed by atoms with Crippen molar-refractivity contribution in [2.75, 3.05) is 26.7 Å². The van der Waals surface area contributed by atoms with Crippen molar-refractivity contribution in [2.45, 2.75) is 105 Å². The van der Waals surface area contributed by atoms with Crippen LogP contribution in [0.2, 0.25) is 0 Å². The van der Waals surface area contributed by atoms with Crippen molar-refractivity contribution in [3.8, 4) is 64.3 Å². The van der Waals surface area contributed by atoms with Crippen molar-refractivity contribution in [3.05, 3.63) is 300 Å². The molecule has 0 spiro atoms. The molecule has 12 aliphatic rings. The Morgan fingerprint density at radius 3 is 1.09 bits per heavy atom. The van der Waals surface area contributed by atoms with Gasteiger partial charge in [0.15, 0.2) is 33.4 Å². The number of nitrogens with zero attached hydrogens (tertiary/aromatic N) is 6. The molecule has 0 atom stereocenters. The van der Waals surface area contributed by atoms with Crippen LogP contribution in [0.3, 0.4) is 0 Å². The Balaban J connectivity index is 0.000000112. The van der Waals surface area contributed by atoms with Crippen molar-refractivity contribution in [1.29, 1.82) is 0 Å². The minimum Gasteiger partial charge on any atom is -0.457 e. The maximum Gasteiger partial charge on any atom is 0.338 e. The first-order valence-electron chi connectivity index (χ1n) is 46.8. The Labute approximate surface area is 904 Å². The molecule has 6 aromatic heterocycles. The minimum atomic E-state index is -0.299. The Kier molecular flexibility index (Phi) is 30.6. The number of allylic oxidation sites excluding steroid dienone is 4. The summed E-state index contributed by atoms with van der Waals surface area (Å²) >= 11 is 39.1. The van der Waals surface area contributed by atoms with E-state index in [-0.39, 0.29) is 77.1 Å². The molecule has 0 unspecified atom stereocenters. The summed E-state index contributed by atoms with van der Waals surface area (Å²) in [6.45, 7) is 11.8. The molecule has 0 bridgehead atoms. The van der Waals surface area contributed by atoms with Crippen molar-refractivity contribution in [3.63, 3.8) is 0 Å². The molecular weight excluding hydrogens is 2100 g/mol. The highest BCUT2D eigenvalue weighted by Gasteiger charge is 2.35. The zero-order valence-corrected chi connectivity index (χ0v) is 89.0. The first-order chi connectivity index (χ1) is 71.4. The van der Waals surface area contributed by atoms with E-state index in [1.54, 1.807) is 74.5 Å². The Hall–Kier alpha value is -14.4. The van der Waals surface area contributed by atoms with Gasteiger partial charge in [-0.1, -0.05) is 106 Å². The number of aromatic nitrogens is 2. The van der Waals surface area contributed by atoms with Gasteiger partial charge in [0.05, 0.1) is 95.8 Å². The van der Waals surface area contributed by atoms with Gasteiger partial charge in [0.2, 0.25) is 0 Å². The van der Waals surface area contributed by atoms with E-state index in [9.17, 15) is 57.5 Å². The maximum atomic E-state index is 12.5. The molecule has 28 nitrogen and oxygen atoms in total. The largest absolute Gasteiger partial charge is 0.457 e. The highest BCUT2D eigenvalue weighted by atomic mass is 32.1. The third kappa shape index (κ3) is 22.8. The second-order valence-corrected chi connectivity index (χ2v) is 44.2. The summed E-state index contributed by atoms with van der Waals surface area (Å²) in [5.41, 5.74) is 22.0. The minimum absolute atomic E-state index is 0.0361. The molecule has 12 aromatic rings. The lowest BCUT2D eigenvalue weighted by Gasteiger charge is -2.14. The molecular formula is C108H86N14O14S12. The number of thiocarbonyl (C=S) groups is 6. The number of hydrogen-bond acceptors (Lipinski definition) is 28. The number of cyclic esters (lactones) is 2. The molecule has 6 fully saturated rings. The molecule has 18 heterocycles. The van der Waals surface area contributed by atoms with Gasteiger partial charge in [-0.25, -0.2) is 9.59 Å². The number of carbonyl (C=O) groups is 12. The molecule has 8 N–H and O–H groups in total. The standard InChI is InChI=1S/C21H20N2O2S2.C20H18N2O2S2.C19H16N2O2S2.C18H14N2O2S2.2C15H9N3O3S2/c1-2-3-8-23-12-14-9-13(4-6-16(14)21(23)25)19-7-5-15(27-19)10-17-18(24)11-20(26)22-17;1-2-7-22-11-13-8-12(3-5-15(13)20(22)24)18-6-4-14(26-18)9-16-17(23)10-19(25)21-16;1-2-21-10-12-7-11(3-5-14(12)19(21)23)17-6-4-13(25-17)8-15-16(22)9-18(24)20-15;1-20-9-11-6-10(2-4-13(11)18(20)22)16-5-3-12(24-16)7-14-15(21)8-17(23)19-14;19-13-12(16-15(22)17-13)5-9-4-11(18-23-9)7-1-2-10-8(3-7)6-21-14(10)20;19-13-11(16-15(22)17-13)4-9-6-23-18-12(9)7-1-2-10-8(3-7)5-21-14(10)20/h4-7,9-10H,2-3,8,11-12H2,1H3,(H,22,26);3-6,8-9H,2,7,10-11H2,1H3,(H,21,25);3-8H,2,9-10H2,1H3,(H,20,24);2-7H,8-9H2,1H3,(H,19,23);1-5H,6H2,(H2,16,17,19,22);1-4,6H,5H2,(H2,16,17,19,22)/b17-10+;16-9+;15-8+;14-7+;12-5-;11-4-. The molecule has 12 aliphatic heterocycles. The second kappa shape index (κ2) is 44.3. The van der Waals surface area contributed by atoms with Crippen LogP contribution in [0.1, 0.15) is 191 Å². The average molecular weight is 2190 g/mol. The number of thiophene rings is 4. The van der Waals surface area contributed by atoms with Gasteiger partial charge in [-0.3, -0.25) is 58.6 Å². The van der Waals surface area contributed by atoms with Crippen LogP contribution in [0.4, 0.5) is 0 Å². The number of nitrogens with one attached hydrogen (secondary N) is 8. The summed E-state index contributed by atoms with van der Waals surface area (Å²) < 4.78 is 18.8. The number of unbranched alkanes of at least 4 members (excludes halogenated alkanes) is 1. The summed E-state index contributed by atoms with van der Waals surface area (Å²) in [5, 5.41) is 24.9. The van der Waals surface area contributed by atoms with Crippen LogP contribution in [-0.4, -0.2) is 156 Å². The lowest BCUT2D eigenvalue weighted by atomic mass is 10.0. The van der Waals surface area contributed by atoms with E-state index in [0.717, 1.165) is 189 Å². The number of rotatable bonds is 18. The summed E-state index contributed by atoms with van der Waals surface area (Å²) in [6, 6.07) is 53.1. The fourth-order valence-corrected chi connectivity index (χ4v) is 24.3. The number of fused-ring (bicyclic) bond motifs is 6. The molecule has 24 rings (SSSR count). The maximum absolute atomic E-state index is 12.5. The number of benzene rings is 6. The Bertz CT molecular complexity index is 7970. The number of esters is 2. The molecule has 6 amide bonds. The van der Waals surface area contributed by atoms with Crippen molar-refractivity contribution < 1.29 is 67.0 Å². The van der Waals surface area contributed by atoms with Crippen LogP contribution < -0.4 is 42.5 Å². The lowest BCUT2D eigenvalue weighted by Crippen LogP contribution is -2.24. The van der Waals surface area contributed by atoms with Gasteiger partial charge in [-0.15, -0.1) is 45.3 Å². The van der Waals surface area contributed by atoms with E-state index in [0.29, 0.717) is 134 Å². The smallest absolute Gasteiger partial charge is 0.338 e. The van der Waals surface area contributed by atoms with Gasteiger partial charge < -0.3 is 61.0 Å². The third-order valence-electron chi connectivity index (χ3n) is 25.2. The van der Waals surface area contributed by atoms with Gasteiger partial charge in [-0.05, 0) is 276 Å². The Morgan fingerprint density at radius 2 is 0.703 bits per heavy atom. The van der Waals surface area contributed by atoms with E-state index in [1.165, 1.54) is 23.1 Å². The van der Waals surface area contributed by atoms with Crippen molar-refractivity contribution in [1.82, 2.24) is 70.9 Å². The molecule has 0 saturated carbocycles. The van der Waals surface area contributed by atoms with Gasteiger partial charge in [0, 0.05) is 147 Å². The van der Waals surface area contributed by atoms with Gasteiger partial charge in [0.25, 0.3) is 35.4 Å². The average Bonchev–Trinajstić information content (AvgIpc) is 1.65. The van der Waals surface area contributed by atoms with E-state index in [2.05, 4.69) is 102 Å². The van der Waals surface area contributed by atoms with Crippen LogP contribution >= 0.6 is 142 Å². The van der Waals surface area contributed by atoms with E-state index in [4.69, 9.17) is 82.8 Å². The molecule has 148 heavy (non-hydrogen) atoms. The highest BCUT2D eigenvalue weighted by Crippen LogP contribution is 2.41. The highest BCUT2D eigenvalue weighted by molar-refractivity contribution is 7.81. The number of amides is 6. The Morgan fingerprint density at radius 1 is 0.345 bits per heavy atom. The van der Waals surface area contributed by atoms with E-state index >= 15 is 0 Å². The fourth-order valence-electron chi connectivity index (χ4n) is 17.8. The SMILES string of the molecule is CCCCN1Cc2cc(-c3ccc(/C=C4/NC(=S)CC4=O)s3)ccc2C1=O.CCCN1Cc2cc(-c3ccc(/C=C4/NC(=S)CC4=O)s3)ccc2C1=O.CCN1Cc2cc(-c3ccc(/C=C4/NC(=S)CC4=O)s3)ccc2C1=O.CN1Cc2cc(-c3ccc(/C=C4/NC(=S)CC4=O)s3)ccc2C1=O.O=C1NC(=S)N/C1=C\c1cc(-c2ccc3c(c2)COC3=O)ns1.O=C1NC(=S)N/C1=C\c1csnc1-c1ccc2c(c1)COC2=O. The normalized spacial score (nSPS) is 18.0. The summed E-state index contributed by atoms with van der Waals surface area (Å²) in [6.07, 6.45) is 15.1. The molecule has 6 saturated heterocycles. The summed E-state index contributed by atoms with van der Waals surface area (Å²) in [4.78, 5) is 162. The zero-order valence-electron chi connectivity index (χ0n) is 79.2. The van der Waals surface area contributed by atoms with E-state index < -0.39 is 0 Å². The van der Waals surface area contributed by atoms with Crippen LogP contribution in [0.25, 0.3) is 101 Å². The number of carbonyl (C=O) groups excluding carboxylic acids is 12. The summed E-state index contributed by atoms with van der Waals surface area (Å²) in [7, 11) is 1.81. The van der Waals surface area contributed by atoms with Gasteiger partial charge >= 0.3 is 11.9 Å². The number of ether oxygens (including phenoxy) is 2. The number of ketones is 4. The summed E-state index contributed by atoms with van der Waals surface area (Å²) in [5.74, 6) is -0.484. The number of hydrogen-bond donors (Lipinski definition) is 8. The molecule has 40 heteroatoms. The third-order valence-corrected chi connectivity index (χ3v) is 32.3. The van der Waals surface area contributed by atoms with Gasteiger partial charge in [0.1, 0.15) is 24.6 Å². The first-order valence-corrected chi connectivity index (χ1v) is 54.1. The predicted octanol–water partition coefficient (Wildman–Crippen LogP) is 18.9. The van der Waals surface area contributed by atoms with Crippen LogP contribution in [0, 0.1) is 0 Å².